The fourth-order valence-corrected chi connectivity index (χ4v) is 4.01. The van der Waals surface area contributed by atoms with E-state index in [0.717, 1.165) is 17.4 Å². The number of nitrogens with zero attached hydrogens (tertiary/aromatic N) is 2. The van der Waals surface area contributed by atoms with Crippen LogP contribution in [-0.2, 0) is 11.3 Å². The van der Waals surface area contributed by atoms with Crippen LogP contribution in [0, 0.1) is 24.7 Å². The monoisotopic (exact) mass is 261 g/mol. The minimum Gasteiger partial charge on any atom is -0.352 e. The van der Waals surface area contributed by atoms with Gasteiger partial charge in [0.1, 0.15) is 6.54 Å². The number of rotatable bonds is 4. The van der Waals surface area contributed by atoms with E-state index in [4.69, 9.17) is 0 Å². The fraction of sp³-hybridized carbons (Fsp3) is 0.733. The number of nitrogens with one attached hydrogen (secondary N) is 1. The predicted octanol–water partition coefficient (Wildman–Crippen LogP) is 2.13. The normalized spacial score (nSPS) is 30.5. The van der Waals surface area contributed by atoms with Gasteiger partial charge in [-0.1, -0.05) is 6.42 Å². The standard InChI is InChI=1S/C15H23N3O/c1-10-7-16-18(8-10)9-15(19)17-11(2)14-6-12-3-4-13(14)5-12/h7-8,11-14H,3-6,9H2,1-2H3,(H,17,19)/t11-,12+,13+,14-/m1/s1. The molecular weight excluding hydrogens is 238 g/mol. The summed E-state index contributed by atoms with van der Waals surface area (Å²) in [6.45, 7) is 4.48. The van der Waals surface area contributed by atoms with Gasteiger partial charge in [0.25, 0.3) is 0 Å². The zero-order valence-corrected chi connectivity index (χ0v) is 11.8. The lowest BCUT2D eigenvalue weighted by molar-refractivity contribution is -0.122. The van der Waals surface area contributed by atoms with Crippen molar-refractivity contribution in [2.24, 2.45) is 17.8 Å². The van der Waals surface area contributed by atoms with Crippen molar-refractivity contribution in [1.82, 2.24) is 15.1 Å². The second kappa shape index (κ2) is 4.99. The van der Waals surface area contributed by atoms with Crippen LogP contribution in [0.5, 0.6) is 0 Å². The lowest BCUT2D eigenvalue weighted by Gasteiger charge is -2.28. The molecule has 0 aliphatic heterocycles. The first-order valence-corrected chi connectivity index (χ1v) is 7.40. The summed E-state index contributed by atoms with van der Waals surface area (Å²) >= 11 is 0. The van der Waals surface area contributed by atoms with Crippen LogP contribution >= 0.6 is 0 Å². The van der Waals surface area contributed by atoms with Crippen LogP contribution < -0.4 is 5.32 Å². The van der Waals surface area contributed by atoms with Gasteiger partial charge in [-0.3, -0.25) is 9.48 Å². The molecule has 1 aromatic rings. The number of aryl methyl sites for hydroxylation is 1. The summed E-state index contributed by atoms with van der Waals surface area (Å²) in [5.74, 6) is 2.57. The van der Waals surface area contributed by atoms with Gasteiger partial charge < -0.3 is 5.32 Å². The molecule has 3 rings (SSSR count). The molecule has 0 unspecified atom stereocenters. The molecule has 4 nitrogen and oxygen atoms in total. The van der Waals surface area contributed by atoms with Gasteiger partial charge in [0.15, 0.2) is 0 Å². The number of hydrogen-bond donors (Lipinski definition) is 1. The first-order valence-electron chi connectivity index (χ1n) is 7.40. The molecule has 1 aromatic heterocycles. The molecule has 0 spiro atoms. The Kier molecular flexibility index (Phi) is 3.33. The highest BCUT2D eigenvalue weighted by molar-refractivity contribution is 5.75. The van der Waals surface area contributed by atoms with Crippen LogP contribution in [0.1, 0.15) is 38.2 Å². The highest BCUT2D eigenvalue weighted by Crippen LogP contribution is 2.49. The average Bonchev–Trinajstić information content (AvgIpc) is 3.05. The molecule has 1 N–H and O–H groups in total. The molecule has 0 aromatic carbocycles. The maximum atomic E-state index is 12.0. The Balaban J connectivity index is 1.52. The Morgan fingerprint density at radius 2 is 2.37 bits per heavy atom. The first-order chi connectivity index (χ1) is 9.11. The van der Waals surface area contributed by atoms with Crippen LogP contribution in [0.3, 0.4) is 0 Å². The summed E-state index contributed by atoms with van der Waals surface area (Å²) in [7, 11) is 0. The molecule has 0 radical (unpaired) electrons. The van der Waals surface area contributed by atoms with Gasteiger partial charge in [-0.25, -0.2) is 0 Å². The zero-order valence-electron chi connectivity index (χ0n) is 11.8. The van der Waals surface area contributed by atoms with E-state index in [1.807, 2.05) is 13.1 Å². The van der Waals surface area contributed by atoms with Crippen LogP contribution in [-0.4, -0.2) is 21.7 Å². The molecule has 2 fully saturated rings. The highest BCUT2D eigenvalue weighted by atomic mass is 16.2. The van der Waals surface area contributed by atoms with Crippen LogP contribution in [0.15, 0.2) is 12.4 Å². The van der Waals surface area contributed by atoms with Gasteiger partial charge in [0.05, 0.1) is 6.20 Å². The van der Waals surface area contributed by atoms with Crippen molar-refractivity contribution in [1.29, 1.82) is 0 Å². The van der Waals surface area contributed by atoms with Crippen molar-refractivity contribution in [3.05, 3.63) is 18.0 Å². The summed E-state index contributed by atoms with van der Waals surface area (Å²) in [6.07, 6.45) is 9.17. The maximum absolute atomic E-state index is 12.0. The molecule has 2 aliphatic carbocycles. The van der Waals surface area contributed by atoms with Gasteiger partial charge in [0, 0.05) is 12.2 Å². The van der Waals surface area contributed by atoms with Crippen molar-refractivity contribution in [3.8, 4) is 0 Å². The van der Waals surface area contributed by atoms with Gasteiger partial charge >= 0.3 is 0 Å². The molecule has 1 amide bonds. The van der Waals surface area contributed by atoms with E-state index >= 15 is 0 Å². The Hall–Kier alpha value is -1.32. The Morgan fingerprint density at radius 1 is 1.53 bits per heavy atom. The Morgan fingerprint density at radius 3 is 2.95 bits per heavy atom. The van der Waals surface area contributed by atoms with Gasteiger partial charge in [-0.2, -0.15) is 5.10 Å². The average molecular weight is 261 g/mol. The molecule has 2 bridgehead atoms. The number of fused-ring (bicyclic) bond motifs is 2. The maximum Gasteiger partial charge on any atom is 0.241 e. The Labute approximate surface area is 114 Å². The number of amides is 1. The van der Waals surface area contributed by atoms with E-state index < -0.39 is 0 Å². The molecule has 104 valence electrons. The van der Waals surface area contributed by atoms with E-state index in [0.29, 0.717) is 18.5 Å². The first kappa shape index (κ1) is 12.7. The van der Waals surface area contributed by atoms with Crippen LogP contribution in [0.25, 0.3) is 0 Å². The van der Waals surface area contributed by atoms with Gasteiger partial charge in [-0.15, -0.1) is 0 Å². The second-order valence-corrected chi connectivity index (χ2v) is 6.41. The van der Waals surface area contributed by atoms with Gasteiger partial charge in [-0.05, 0) is 56.4 Å². The number of hydrogen-bond acceptors (Lipinski definition) is 2. The molecule has 4 heteroatoms. The van der Waals surface area contributed by atoms with E-state index in [1.165, 1.54) is 25.7 Å². The molecular formula is C15H23N3O. The Bertz CT molecular complexity index is 468. The third kappa shape index (κ3) is 2.67. The quantitative estimate of drug-likeness (QED) is 0.902. The molecule has 19 heavy (non-hydrogen) atoms. The lowest BCUT2D eigenvalue weighted by atomic mass is 9.84. The molecule has 0 saturated heterocycles. The largest absolute Gasteiger partial charge is 0.352 e. The van der Waals surface area contributed by atoms with Crippen molar-refractivity contribution in [3.63, 3.8) is 0 Å². The highest BCUT2D eigenvalue weighted by Gasteiger charge is 2.42. The second-order valence-electron chi connectivity index (χ2n) is 6.41. The van der Waals surface area contributed by atoms with Crippen LogP contribution in [0.4, 0.5) is 0 Å². The van der Waals surface area contributed by atoms with E-state index in [9.17, 15) is 4.79 Å². The number of carbonyl (C=O) groups excluding carboxylic acids is 1. The summed E-state index contributed by atoms with van der Waals surface area (Å²) < 4.78 is 1.71. The number of aromatic nitrogens is 2. The van der Waals surface area contributed by atoms with E-state index in [1.54, 1.807) is 10.9 Å². The molecule has 2 aliphatic rings. The summed E-state index contributed by atoms with van der Waals surface area (Å²) in [5.41, 5.74) is 1.09. The van der Waals surface area contributed by atoms with Crippen molar-refractivity contribution >= 4 is 5.91 Å². The minimum atomic E-state index is 0.0818. The summed E-state index contributed by atoms with van der Waals surface area (Å²) in [4.78, 5) is 12.0. The van der Waals surface area contributed by atoms with Crippen molar-refractivity contribution in [2.75, 3.05) is 0 Å². The third-order valence-corrected chi connectivity index (χ3v) is 4.89. The SMILES string of the molecule is Cc1cnn(CC(=O)N[C@H](C)[C@H]2C[C@H]3CC[C@H]2C3)c1. The van der Waals surface area contributed by atoms with Crippen molar-refractivity contribution in [2.45, 2.75) is 52.1 Å². The summed E-state index contributed by atoms with van der Waals surface area (Å²) in [6, 6.07) is 0.305. The minimum absolute atomic E-state index is 0.0818. The predicted molar refractivity (Wildman–Crippen MR) is 73.5 cm³/mol. The van der Waals surface area contributed by atoms with Gasteiger partial charge in [0.2, 0.25) is 5.91 Å². The van der Waals surface area contributed by atoms with E-state index in [-0.39, 0.29) is 5.91 Å². The molecule has 1 heterocycles. The zero-order chi connectivity index (χ0) is 13.4. The molecule has 2 saturated carbocycles. The lowest BCUT2D eigenvalue weighted by Crippen LogP contribution is -2.41. The number of carbonyl (C=O) groups is 1. The van der Waals surface area contributed by atoms with E-state index in [2.05, 4.69) is 17.3 Å². The third-order valence-electron chi connectivity index (χ3n) is 4.89. The van der Waals surface area contributed by atoms with Crippen LogP contribution in [0.2, 0.25) is 0 Å². The smallest absolute Gasteiger partial charge is 0.241 e. The topological polar surface area (TPSA) is 46.9 Å². The summed E-state index contributed by atoms with van der Waals surface area (Å²) in [5, 5.41) is 7.32. The molecule has 4 atom stereocenters. The van der Waals surface area contributed by atoms with Crippen molar-refractivity contribution < 1.29 is 4.79 Å². The fourth-order valence-electron chi connectivity index (χ4n) is 4.01.